The molecule has 4 amide bonds. The first-order chi connectivity index (χ1) is 21.2. The Morgan fingerprint density at radius 1 is 0.568 bits per heavy atom. The molecule has 8 heteroatoms. The van der Waals surface area contributed by atoms with Crippen LogP contribution >= 0.6 is 0 Å². The van der Waals surface area contributed by atoms with Crippen LogP contribution in [0.15, 0.2) is 36.4 Å². The molecule has 2 heterocycles. The third kappa shape index (κ3) is 3.31. The zero-order valence-corrected chi connectivity index (χ0v) is 24.9. The van der Waals surface area contributed by atoms with Crippen LogP contribution in [0.4, 0.5) is 0 Å². The van der Waals surface area contributed by atoms with Crippen molar-refractivity contribution in [2.45, 2.75) is 65.5 Å². The van der Waals surface area contributed by atoms with E-state index in [-0.39, 0.29) is 46.2 Å². The molecule has 7 rings (SSSR count). The van der Waals surface area contributed by atoms with Gasteiger partial charge in [0, 0.05) is 55.5 Å². The molecule has 0 saturated carbocycles. The minimum atomic E-state index is -0.447. The van der Waals surface area contributed by atoms with E-state index in [2.05, 4.69) is 12.1 Å². The number of carbonyl (C=O) groups is 4. The van der Waals surface area contributed by atoms with Gasteiger partial charge in [-0.2, -0.15) is 10.5 Å². The van der Waals surface area contributed by atoms with Crippen LogP contribution in [-0.4, -0.2) is 45.5 Å². The van der Waals surface area contributed by atoms with E-state index in [9.17, 15) is 29.7 Å². The molecule has 8 nitrogen and oxygen atoms in total. The summed E-state index contributed by atoms with van der Waals surface area (Å²) in [4.78, 5) is 58.0. The maximum absolute atomic E-state index is 13.9. The highest BCUT2D eigenvalue weighted by Crippen LogP contribution is 2.48. The molecule has 44 heavy (non-hydrogen) atoms. The van der Waals surface area contributed by atoms with Crippen molar-refractivity contribution in [3.8, 4) is 12.1 Å². The summed E-state index contributed by atoms with van der Waals surface area (Å²) in [5, 5.41) is 25.1. The SMILES string of the molecule is CCC[C@@H](C)N1C(=O)c2ccc3c4c(C#N)cc5c6c(ccc(c7c(C#N)cc(c2c37)C1=O)c64)C(=O)N([C@H](C)CCC)C5=O. The number of imide groups is 2. The molecular weight excluding hydrogens is 552 g/mol. The lowest BCUT2D eigenvalue weighted by Gasteiger charge is -2.34. The van der Waals surface area contributed by atoms with Crippen molar-refractivity contribution in [3.05, 3.63) is 69.8 Å². The van der Waals surface area contributed by atoms with Crippen LogP contribution in [0.25, 0.3) is 43.1 Å². The maximum atomic E-state index is 13.9. The lowest BCUT2D eigenvalue weighted by Crippen LogP contribution is -2.46. The number of hydrogen-bond acceptors (Lipinski definition) is 6. The Labute approximate surface area is 253 Å². The molecule has 0 radical (unpaired) electrons. The number of nitrogens with zero attached hydrogens (tertiary/aromatic N) is 4. The fourth-order valence-corrected chi connectivity index (χ4v) is 7.58. The van der Waals surface area contributed by atoms with Crippen molar-refractivity contribution in [1.29, 1.82) is 10.5 Å². The average molecular weight is 581 g/mol. The zero-order chi connectivity index (χ0) is 31.2. The first-order valence-electron chi connectivity index (χ1n) is 15.0. The highest BCUT2D eigenvalue weighted by molar-refractivity contribution is 6.42. The second-order valence-corrected chi connectivity index (χ2v) is 12.0. The fraction of sp³-hybridized carbons (Fsp3) is 0.278. The second-order valence-electron chi connectivity index (χ2n) is 12.0. The summed E-state index contributed by atoms with van der Waals surface area (Å²) in [6.45, 7) is 7.68. The van der Waals surface area contributed by atoms with E-state index in [1.807, 2.05) is 27.7 Å². The minimum Gasteiger partial charge on any atom is -0.272 e. The smallest absolute Gasteiger partial charge is 0.261 e. The predicted octanol–water partition coefficient (Wildman–Crippen LogP) is 7.05. The summed E-state index contributed by atoms with van der Waals surface area (Å²) in [6, 6.07) is 13.9. The van der Waals surface area contributed by atoms with Gasteiger partial charge in [-0.1, -0.05) is 38.8 Å². The zero-order valence-electron chi connectivity index (χ0n) is 24.9. The Bertz CT molecular complexity index is 2090. The van der Waals surface area contributed by atoms with E-state index >= 15 is 0 Å². The Morgan fingerprint density at radius 3 is 1.27 bits per heavy atom. The molecule has 0 aliphatic carbocycles. The molecule has 216 valence electrons. The average Bonchev–Trinajstić information content (AvgIpc) is 3.01. The quantitative estimate of drug-likeness (QED) is 0.120. The highest BCUT2D eigenvalue weighted by Gasteiger charge is 2.40. The van der Waals surface area contributed by atoms with E-state index in [0.29, 0.717) is 67.1 Å². The van der Waals surface area contributed by atoms with Gasteiger partial charge in [0.05, 0.1) is 34.4 Å². The molecule has 0 unspecified atom stereocenters. The number of nitriles is 2. The van der Waals surface area contributed by atoms with Crippen LogP contribution < -0.4 is 0 Å². The molecule has 0 bridgehead atoms. The standard InChI is InChI=1S/C36H28N4O4/c1-5-7-17(3)39-33(41)23-11-9-21-28-20(16-38)14-26-30-24(34(42)40(36(26)44)18(4)8-6-2)12-10-22(32(28)30)27-19(15-37)13-25(35(39)43)29(23)31(21)27/h9-14,17-18H,5-8H2,1-4H3/t17-,18-/m1/s1. The van der Waals surface area contributed by atoms with E-state index in [4.69, 9.17) is 0 Å². The Morgan fingerprint density at radius 2 is 0.932 bits per heavy atom. The molecule has 0 N–H and O–H groups in total. The normalized spacial score (nSPS) is 16.0. The molecule has 0 spiro atoms. The van der Waals surface area contributed by atoms with Crippen LogP contribution in [0.1, 0.15) is 106 Å². The number of rotatable bonds is 6. The summed E-state index contributed by atoms with van der Waals surface area (Å²) in [7, 11) is 0. The number of hydrogen-bond donors (Lipinski definition) is 0. The van der Waals surface area contributed by atoms with E-state index < -0.39 is 11.8 Å². The van der Waals surface area contributed by atoms with Gasteiger partial charge in [0.25, 0.3) is 23.6 Å². The van der Waals surface area contributed by atoms with Gasteiger partial charge in [0.1, 0.15) is 0 Å². The Balaban J connectivity index is 1.65. The molecule has 2 atom stereocenters. The molecule has 5 aromatic rings. The van der Waals surface area contributed by atoms with Crippen molar-refractivity contribution >= 4 is 66.7 Å². The third-order valence-corrected chi connectivity index (χ3v) is 9.44. The van der Waals surface area contributed by atoms with E-state index in [1.165, 1.54) is 9.80 Å². The number of benzene rings is 5. The number of fused-ring (bicyclic) bond motifs is 2. The molecule has 5 aromatic carbocycles. The second kappa shape index (κ2) is 9.59. The van der Waals surface area contributed by atoms with Crippen molar-refractivity contribution in [1.82, 2.24) is 9.80 Å². The Hall–Kier alpha value is -5.34. The van der Waals surface area contributed by atoms with E-state index in [1.54, 1.807) is 36.4 Å². The lowest BCUT2D eigenvalue weighted by atomic mass is 9.79. The summed E-state index contributed by atoms with van der Waals surface area (Å²) < 4.78 is 0. The monoisotopic (exact) mass is 580 g/mol. The summed E-state index contributed by atoms with van der Waals surface area (Å²) in [5.41, 5.74) is 1.77. The van der Waals surface area contributed by atoms with Gasteiger partial charge >= 0.3 is 0 Å². The number of carbonyl (C=O) groups excluding carboxylic acids is 4. The minimum absolute atomic E-state index is 0.244. The maximum Gasteiger partial charge on any atom is 0.261 e. The third-order valence-electron chi connectivity index (χ3n) is 9.44. The lowest BCUT2D eigenvalue weighted by molar-refractivity contribution is 0.0528. The van der Waals surface area contributed by atoms with Gasteiger partial charge < -0.3 is 0 Å². The van der Waals surface area contributed by atoms with Crippen molar-refractivity contribution in [3.63, 3.8) is 0 Å². The molecule has 2 aliphatic rings. The highest BCUT2D eigenvalue weighted by atomic mass is 16.2. The molecule has 0 aromatic heterocycles. The van der Waals surface area contributed by atoms with Gasteiger partial charge in [-0.3, -0.25) is 29.0 Å². The molecule has 0 saturated heterocycles. The van der Waals surface area contributed by atoms with Crippen LogP contribution in [0.5, 0.6) is 0 Å². The van der Waals surface area contributed by atoms with Gasteiger partial charge in [0.2, 0.25) is 0 Å². The van der Waals surface area contributed by atoms with E-state index in [0.717, 1.165) is 12.8 Å². The van der Waals surface area contributed by atoms with Gasteiger partial charge in [0.15, 0.2) is 0 Å². The van der Waals surface area contributed by atoms with Gasteiger partial charge in [-0.15, -0.1) is 0 Å². The Kier molecular flexibility index (Phi) is 5.99. The molecular formula is C36H28N4O4. The number of amides is 4. The van der Waals surface area contributed by atoms with Crippen LogP contribution in [0, 0.1) is 22.7 Å². The topological polar surface area (TPSA) is 122 Å². The summed E-state index contributed by atoms with van der Waals surface area (Å²) in [5.74, 6) is -1.67. The van der Waals surface area contributed by atoms with Gasteiger partial charge in [-0.05, 0) is 61.7 Å². The first-order valence-corrected chi connectivity index (χ1v) is 15.0. The van der Waals surface area contributed by atoms with Crippen LogP contribution in [0.2, 0.25) is 0 Å². The van der Waals surface area contributed by atoms with Gasteiger partial charge in [-0.25, -0.2) is 0 Å². The summed E-state index contributed by atoms with van der Waals surface area (Å²) in [6.07, 6.45) is 2.89. The van der Waals surface area contributed by atoms with Crippen molar-refractivity contribution in [2.75, 3.05) is 0 Å². The fourth-order valence-electron chi connectivity index (χ4n) is 7.58. The van der Waals surface area contributed by atoms with Crippen LogP contribution in [0.3, 0.4) is 0 Å². The predicted molar refractivity (Wildman–Crippen MR) is 167 cm³/mol. The van der Waals surface area contributed by atoms with Crippen LogP contribution in [-0.2, 0) is 0 Å². The van der Waals surface area contributed by atoms with Crippen molar-refractivity contribution in [2.24, 2.45) is 0 Å². The largest absolute Gasteiger partial charge is 0.272 e. The molecule has 2 aliphatic heterocycles. The summed E-state index contributed by atoms with van der Waals surface area (Å²) >= 11 is 0. The van der Waals surface area contributed by atoms with Crippen molar-refractivity contribution < 1.29 is 19.2 Å². The molecule has 0 fully saturated rings. The first kappa shape index (κ1) is 27.5.